The van der Waals surface area contributed by atoms with E-state index in [0.29, 0.717) is 0 Å². The number of hydrogen-bond donors (Lipinski definition) is 0. The zero-order valence-electron chi connectivity index (χ0n) is 6.10. The van der Waals surface area contributed by atoms with Crippen LogP contribution in [0.3, 0.4) is 0 Å². The summed E-state index contributed by atoms with van der Waals surface area (Å²) in [5, 5.41) is 0. The van der Waals surface area contributed by atoms with Crippen molar-refractivity contribution in [2.24, 2.45) is 0 Å². The van der Waals surface area contributed by atoms with Gasteiger partial charge in [0.15, 0.2) is 0 Å². The van der Waals surface area contributed by atoms with Crippen LogP contribution in [0.5, 0.6) is 0 Å². The lowest BCUT2D eigenvalue weighted by Crippen LogP contribution is -1.79. The monoisotopic (exact) mass is 127 g/mol. The van der Waals surface area contributed by atoms with Crippen LogP contribution >= 0.6 is 0 Å². The molecule has 0 heterocycles. The highest BCUT2D eigenvalue weighted by molar-refractivity contribution is 4.65. The highest BCUT2D eigenvalue weighted by Crippen LogP contribution is 2.01. The quantitative estimate of drug-likeness (QED) is 0.393. The molecule has 0 unspecified atom stereocenters. The van der Waals surface area contributed by atoms with Crippen molar-refractivity contribution in [2.75, 3.05) is 7.11 Å². The molecule has 0 amide bonds. The average molecular weight is 127 g/mol. The molecule has 53 valence electrons. The predicted octanol–water partition coefficient (Wildman–Crippen LogP) is 2.54. The van der Waals surface area contributed by atoms with Crippen molar-refractivity contribution in [1.29, 1.82) is 0 Å². The number of methoxy groups -OCH3 is 1. The molecular formula is C8H15O. The molecule has 0 rings (SSSR count). The lowest BCUT2D eigenvalue weighted by Gasteiger charge is -1.94. The lowest BCUT2D eigenvalue weighted by molar-refractivity contribution is 0.262. The van der Waals surface area contributed by atoms with Gasteiger partial charge in [-0.25, -0.2) is 0 Å². The Morgan fingerprint density at radius 2 is 2.00 bits per heavy atom. The van der Waals surface area contributed by atoms with E-state index in [1.807, 2.05) is 12.7 Å². The SMILES string of the molecule is C=CCCCC[CH]OC. The normalized spacial score (nSPS) is 9.44. The van der Waals surface area contributed by atoms with Crippen molar-refractivity contribution < 1.29 is 4.74 Å². The van der Waals surface area contributed by atoms with Gasteiger partial charge in [-0.2, -0.15) is 0 Å². The van der Waals surface area contributed by atoms with E-state index in [9.17, 15) is 0 Å². The summed E-state index contributed by atoms with van der Waals surface area (Å²) in [6.07, 6.45) is 6.57. The second kappa shape index (κ2) is 7.70. The molecule has 1 radical (unpaired) electrons. The molecule has 1 nitrogen and oxygen atoms in total. The van der Waals surface area contributed by atoms with Crippen molar-refractivity contribution in [3.05, 3.63) is 19.3 Å². The highest BCUT2D eigenvalue weighted by Gasteiger charge is 1.85. The van der Waals surface area contributed by atoms with E-state index in [4.69, 9.17) is 4.74 Å². The maximum Gasteiger partial charge on any atom is 0.0832 e. The standard InChI is InChI=1S/C8H15O/c1-3-4-5-6-7-8-9-2/h3,8H,1,4-7H2,2H3. The van der Waals surface area contributed by atoms with E-state index < -0.39 is 0 Å². The van der Waals surface area contributed by atoms with Gasteiger partial charge in [-0.15, -0.1) is 6.58 Å². The molecule has 9 heavy (non-hydrogen) atoms. The Bertz CT molecular complexity index is 59.6. The summed E-state index contributed by atoms with van der Waals surface area (Å²) in [6.45, 7) is 5.47. The summed E-state index contributed by atoms with van der Waals surface area (Å²) in [4.78, 5) is 0. The Kier molecular flexibility index (Phi) is 7.44. The number of unbranched alkanes of at least 4 members (excludes halogenated alkanes) is 3. The van der Waals surface area contributed by atoms with Gasteiger partial charge in [-0.05, 0) is 19.3 Å². The molecule has 0 aliphatic carbocycles. The van der Waals surface area contributed by atoms with Gasteiger partial charge in [-0.1, -0.05) is 12.5 Å². The van der Waals surface area contributed by atoms with E-state index in [1.165, 1.54) is 12.8 Å². The largest absolute Gasteiger partial charge is 0.379 e. The van der Waals surface area contributed by atoms with E-state index >= 15 is 0 Å². The molecule has 0 aromatic heterocycles. The van der Waals surface area contributed by atoms with Crippen LogP contribution in [-0.2, 0) is 4.74 Å². The van der Waals surface area contributed by atoms with E-state index in [1.54, 1.807) is 7.11 Å². The van der Waals surface area contributed by atoms with Crippen LogP contribution in [0.15, 0.2) is 12.7 Å². The minimum atomic E-state index is 1.06. The maximum atomic E-state index is 4.77. The molecule has 1 heteroatoms. The smallest absolute Gasteiger partial charge is 0.0832 e. The van der Waals surface area contributed by atoms with Crippen molar-refractivity contribution in [2.45, 2.75) is 25.7 Å². The van der Waals surface area contributed by atoms with Gasteiger partial charge in [0.25, 0.3) is 0 Å². The molecule has 0 fully saturated rings. The summed E-state index contributed by atoms with van der Waals surface area (Å²) in [5.41, 5.74) is 0. The third-order valence-electron chi connectivity index (χ3n) is 1.15. The number of ether oxygens (including phenoxy) is 1. The number of rotatable bonds is 6. The van der Waals surface area contributed by atoms with Gasteiger partial charge in [0.05, 0.1) is 6.61 Å². The van der Waals surface area contributed by atoms with E-state index in [2.05, 4.69) is 6.58 Å². The van der Waals surface area contributed by atoms with Crippen LogP contribution in [0.1, 0.15) is 25.7 Å². The maximum absolute atomic E-state index is 4.77. The summed E-state index contributed by atoms with van der Waals surface area (Å²) in [6, 6.07) is 0. The first kappa shape index (κ1) is 8.70. The van der Waals surface area contributed by atoms with Crippen LogP contribution < -0.4 is 0 Å². The molecule has 0 atom stereocenters. The van der Waals surface area contributed by atoms with Gasteiger partial charge >= 0.3 is 0 Å². The van der Waals surface area contributed by atoms with E-state index in [0.717, 1.165) is 12.8 Å². The molecular weight excluding hydrogens is 112 g/mol. The molecule has 0 N–H and O–H groups in total. The summed E-state index contributed by atoms with van der Waals surface area (Å²) in [7, 11) is 1.69. The van der Waals surface area contributed by atoms with Crippen LogP contribution in [0.2, 0.25) is 0 Å². The molecule has 0 aliphatic heterocycles. The fraction of sp³-hybridized carbons (Fsp3) is 0.625. The van der Waals surface area contributed by atoms with E-state index in [-0.39, 0.29) is 0 Å². The first-order chi connectivity index (χ1) is 4.41. The van der Waals surface area contributed by atoms with Crippen LogP contribution in [-0.4, -0.2) is 7.11 Å². The topological polar surface area (TPSA) is 9.23 Å². The Labute approximate surface area is 57.7 Å². The second-order valence-corrected chi connectivity index (χ2v) is 1.98. The summed E-state index contributed by atoms with van der Waals surface area (Å²) >= 11 is 0. The average Bonchev–Trinajstić information content (AvgIpc) is 1.89. The van der Waals surface area contributed by atoms with Gasteiger partial charge in [0, 0.05) is 7.11 Å². The Balaban J connectivity index is 2.66. The summed E-state index contributed by atoms with van der Waals surface area (Å²) in [5.74, 6) is 0. The first-order valence-electron chi connectivity index (χ1n) is 3.37. The lowest BCUT2D eigenvalue weighted by atomic mass is 10.2. The zero-order chi connectivity index (χ0) is 6.95. The molecule has 0 aromatic carbocycles. The third kappa shape index (κ3) is 7.70. The number of allylic oxidation sites excluding steroid dienone is 1. The molecule has 0 bridgehead atoms. The third-order valence-corrected chi connectivity index (χ3v) is 1.15. The molecule has 0 aliphatic rings. The van der Waals surface area contributed by atoms with Crippen molar-refractivity contribution in [1.82, 2.24) is 0 Å². The fourth-order valence-corrected chi connectivity index (χ4v) is 0.634. The Morgan fingerprint density at radius 3 is 2.56 bits per heavy atom. The van der Waals surface area contributed by atoms with Gasteiger partial charge in [-0.3, -0.25) is 0 Å². The molecule has 0 spiro atoms. The minimum absolute atomic E-state index is 1.06. The van der Waals surface area contributed by atoms with Gasteiger partial charge in [0.1, 0.15) is 0 Å². The molecule has 0 aromatic rings. The van der Waals surface area contributed by atoms with Crippen molar-refractivity contribution in [3.8, 4) is 0 Å². The van der Waals surface area contributed by atoms with Gasteiger partial charge < -0.3 is 4.74 Å². The first-order valence-corrected chi connectivity index (χ1v) is 3.37. The second-order valence-electron chi connectivity index (χ2n) is 1.98. The molecule has 0 saturated carbocycles. The van der Waals surface area contributed by atoms with Crippen LogP contribution in [0.4, 0.5) is 0 Å². The minimum Gasteiger partial charge on any atom is -0.379 e. The van der Waals surface area contributed by atoms with Crippen molar-refractivity contribution in [3.63, 3.8) is 0 Å². The zero-order valence-corrected chi connectivity index (χ0v) is 6.10. The van der Waals surface area contributed by atoms with Crippen LogP contribution in [0, 0.1) is 6.61 Å². The highest BCUT2D eigenvalue weighted by atomic mass is 16.5. The Hall–Kier alpha value is -0.300. The van der Waals surface area contributed by atoms with Gasteiger partial charge in [0.2, 0.25) is 0 Å². The fourth-order valence-electron chi connectivity index (χ4n) is 0.634. The predicted molar refractivity (Wildman–Crippen MR) is 40.0 cm³/mol. The molecule has 0 saturated heterocycles. The Morgan fingerprint density at radius 1 is 1.33 bits per heavy atom. The van der Waals surface area contributed by atoms with Crippen LogP contribution in [0.25, 0.3) is 0 Å². The van der Waals surface area contributed by atoms with Crippen molar-refractivity contribution >= 4 is 0 Å². The summed E-state index contributed by atoms with van der Waals surface area (Å²) < 4.78 is 4.77. The number of hydrogen-bond acceptors (Lipinski definition) is 1.